The van der Waals surface area contributed by atoms with Crippen molar-refractivity contribution in [2.75, 3.05) is 37.0 Å². The maximum atomic E-state index is 8.73. The van der Waals surface area contributed by atoms with Crippen molar-refractivity contribution in [1.82, 2.24) is 9.97 Å². The highest BCUT2D eigenvalue weighted by Gasteiger charge is 2.03. The molecule has 15 heavy (non-hydrogen) atoms. The third kappa shape index (κ3) is 3.71. The van der Waals surface area contributed by atoms with Crippen LogP contribution < -0.4 is 10.2 Å². The van der Waals surface area contributed by atoms with Crippen LogP contribution in [0.3, 0.4) is 0 Å². The number of aromatic nitrogens is 2. The van der Waals surface area contributed by atoms with Crippen LogP contribution in [-0.4, -0.2) is 41.8 Å². The van der Waals surface area contributed by atoms with Crippen LogP contribution in [0.5, 0.6) is 0 Å². The van der Waals surface area contributed by atoms with E-state index in [2.05, 4.69) is 15.3 Å². The Kier molecular flexibility index (Phi) is 4.83. The van der Waals surface area contributed by atoms with Gasteiger partial charge in [0.05, 0.1) is 0 Å². The van der Waals surface area contributed by atoms with Gasteiger partial charge in [0, 0.05) is 32.8 Å². The largest absolute Gasteiger partial charge is 0.396 e. The Morgan fingerprint density at radius 1 is 1.47 bits per heavy atom. The van der Waals surface area contributed by atoms with Gasteiger partial charge in [0.2, 0.25) is 0 Å². The Labute approximate surface area is 90.2 Å². The number of anilines is 2. The van der Waals surface area contributed by atoms with Gasteiger partial charge in [-0.3, -0.25) is 0 Å². The second kappa shape index (κ2) is 6.19. The summed E-state index contributed by atoms with van der Waals surface area (Å²) < 4.78 is 0. The molecule has 0 bridgehead atoms. The van der Waals surface area contributed by atoms with Gasteiger partial charge in [0.15, 0.2) is 0 Å². The normalized spacial score (nSPS) is 10.1. The highest BCUT2D eigenvalue weighted by molar-refractivity contribution is 5.47. The summed E-state index contributed by atoms with van der Waals surface area (Å²) in [6.45, 7) is 3.86. The van der Waals surface area contributed by atoms with E-state index in [4.69, 9.17) is 5.11 Å². The van der Waals surface area contributed by atoms with Crippen molar-refractivity contribution in [3.63, 3.8) is 0 Å². The summed E-state index contributed by atoms with van der Waals surface area (Å²) in [6, 6.07) is 1.90. The summed E-state index contributed by atoms with van der Waals surface area (Å²) in [5.41, 5.74) is 0. The summed E-state index contributed by atoms with van der Waals surface area (Å²) >= 11 is 0. The van der Waals surface area contributed by atoms with E-state index >= 15 is 0 Å². The van der Waals surface area contributed by atoms with Crippen molar-refractivity contribution < 1.29 is 5.11 Å². The quantitative estimate of drug-likeness (QED) is 0.724. The lowest BCUT2D eigenvalue weighted by molar-refractivity contribution is 0.290. The topological polar surface area (TPSA) is 61.3 Å². The van der Waals surface area contributed by atoms with Gasteiger partial charge in [-0.2, -0.15) is 0 Å². The lowest BCUT2D eigenvalue weighted by Gasteiger charge is -2.17. The van der Waals surface area contributed by atoms with Gasteiger partial charge in [0.25, 0.3) is 0 Å². The van der Waals surface area contributed by atoms with E-state index in [1.165, 1.54) is 0 Å². The van der Waals surface area contributed by atoms with E-state index in [9.17, 15) is 0 Å². The van der Waals surface area contributed by atoms with Crippen LogP contribution >= 0.6 is 0 Å². The Bertz CT molecular complexity index is 293. The average Bonchev–Trinajstić information content (AvgIpc) is 2.27. The summed E-state index contributed by atoms with van der Waals surface area (Å²) in [7, 11) is 1.95. The van der Waals surface area contributed by atoms with E-state index in [1.54, 1.807) is 6.33 Å². The van der Waals surface area contributed by atoms with Crippen molar-refractivity contribution in [1.29, 1.82) is 0 Å². The SMILES string of the molecule is CCNc1cc(N(C)CCCO)ncn1. The highest BCUT2D eigenvalue weighted by Crippen LogP contribution is 2.12. The molecule has 0 aliphatic rings. The Balaban J connectivity index is 2.62. The molecule has 0 amide bonds. The molecule has 1 heterocycles. The zero-order valence-electron chi connectivity index (χ0n) is 9.27. The summed E-state index contributed by atoms with van der Waals surface area (Å²) in [5, 5.41) is 11.9. The van der Waals surface area contributed by atoms with Gasteiger partial charge < -0.3 is 15.3 Å². The monoisotopic (exact) mass is 210 g/mol. The average molecular weight is 210 g/mol. The van der Waals surface area contributed by atoms with Crippen molar-refractivity contribution in [2.24, 2.45) is 0 Å². The van der Waals surface area contributed by atoms with Gasteiger partial charge in [0.1, 0.15) is 18.0 Å². The van der Waals surface area contributed by atoms with Crippen LogP contribution in [0.2, 0.25) is 0 Å². The van der Waals surface area contributed by atoms with Gasteiger partial charge >= 0.3 is 0 Å². The molecule has 0 aliphatic carbocycles. The Hall–Kier alpha value is -1.36. The molecule has 0 saturated carbocycles. The molecule has 0 radical (unpaired) electrons. The predicted molar refractivity (Wildman–Crippen MR) is 61.2 cm³/mol. The molecule has 1 aromatic rings. The minimum Gasteiger partial charge on any atom is -0.396 e. The Morgan fingerprint density at radius 2 is 2.27 bits per heavy atom. The molecule has 2 N–H and O–H groups in total. The number of nitrogens with one attached hydrogen (secondary N) is 1. The molecule has 0 unspecified atom stereocenters. The number of nitrogens with zero attached hydrogens (tertiary/aromatic N) is 3. The van der Waals surface area contributed by atoms with Crippen LogP contribution in [0.4, 0.5) is 11.6 Å². The molecule has 0 aliphatic heterocycles. The molecule has 0 saturated heterocycles. The Morgan fingerprint density at radius 3 is 2.93 bits per heavy atom. The van der Waals surface area contributed by atoms with E-state index in [0.717, 1.165) is 31.1 Å². The van der Waals surface area contributed by atoms with Crippen LogP contribution in [-0.2, 0) is 0 Å². The van der Waals surface area contributed by atoms with E-state index in [1.807, 2.05) is 24.9 Å². The van der Waals surface area contributed by atoms with E-state index < -0.39 is 0 Å². The second-order valence-corrected chi connectivity index (χ2v) is 3.29. The minimum absolute atomic E-state index is 0.204. The molecule has 5 heteroatoms. The first-order chi connectivity index (χ1) is 7.27. The van der Waals surface area contributed by atoms with Crippen LogP contribution in [0.25, 0.3) is 0 Å². The lowest BCUT2D eigenvalue weighted by Crippen LogP contribution is -2.20. The lowest BCUT2D eigenvalue weighted by atomic mass is 10.4. The highest BCUT2D eigenvalue weighted by atomic mass is 16.3. The molecule has 0 spiro atoms. The number of aliphatic hydroxyl groups is 1. The van der Waals surface area contributed by atoms with E-state index in [0.29, 0.717) is 0 Å². The molecule has 0 atom stereocenters. The predicted octanol–water partition coefficient (Wildman–Crippen LogP) is 0.727. The smallest absolute Gasteiger partial charge is 0.133 e. The van der Waals surface area contributed by atoms with Crippen LogP contribution in [0.15, 0.2) is 12.4 Å². The van der Waals surface area contributed by atoms with Gasteiger partial charge in [-0.05, 0) is 13.3 Å². The zero-order valence-corrected chi connectivity index (χ0v) is 9.27. The van der Waals surface area contributed by atoms with E-state index in [-0.39, 0.29) is 6.61 Å². The molecule has 1 aromatic heterocycles. The first-order valence-corrected chi connectivity index (χ1v) is 5.15. The fourth-order valence-corrected chi connectivity index (χ4v) is 1.26. The number of aliphatic hydroxyl groups excluding tert-OH is 1. The number of hydrogen-bond donors (Lipinski definition) is 2. The van der Waals surface area contributed by atoms with Crippen LogP contribution in [0, 0.1) is 0 Å². The van der Waals surface area contributed by atoms with Gasteiger partial charge in [-0.15, -0.1) is 0 Å². The maximum absolute atomic E-state index is 8.73. The number of rotatable bonds is 6. The van der Waals surface area contributed by atoms with Crippen molar-refractivity contribution in [2.45, 2.75) is 13.3 Å². The van der Waals surface area contributed by atoms with Crippen LogP contribution in [0.1, 0.15) is 13.3 Å². The minimum atomic E-state index is 0.204. The summed E-state index contributed by atoms with van der Waals surface area (Å²) in [4.78, 5) is 10.3. The third-order valence-electron chi connectivity index (χ3n) is 2.05. The fourth-order valence-electron chi connectivity index (χ4n) is 1.26. The molecular formula is C10H18N4O. The number of hydrogen-bond acceptors (Lipinski definition) is 5. The van der Waals surface area contributed by atoms with Crippen molar-refractivity contribution in [3.8, 4) is 0 Å². The molecule has 5 nitrogen and oxygen atoms in total. The molecule has 1 rings (SSSR count). The zero-order chi connectivity index (χ0) is 11.1. The maximum Gasteiger partial charge on any atom is 0.133 e. The molecule has 84 valence electrons. The van der Waals surface area contributed by atoms with Gasteiger partial charge in [-0.1, -0.05) is 0 Å². The summed E-state index contributed by atoms with van der Waals surface area (Å²) in [6.07, 6.45) is 2.29. The molecule has 0 fully saturated rings. The van der Waals surface area contributed by atoms with Crippen molar-refractivity contribution >= 4 is 11.6 Å². The second-order valence-electron chi connectivity index (χ2n) is 3.29. The first-order valence-electron chi connectivity index (χ1n) is 5.15. The fraction of sp³-hybridized carbons (Fsp3) is 0.600. The summed E-state index contributed by atoms with van der Waals surface area (Å²) in [5.74, 6) is 1.70. The standard InChI is InChI=1S/C10H18N4O/c1-3-11-9-7-10(13-8-12-9)14(2)5-4-6-15/h7-8,15H,3-6H2,1-2H3,(H,11,12,13). The third-order valence-corrected chi connectivity index (χ3v) is 2.05. The molecular weight excluding hydrogens is 192 g/mol. The first kappa shape index (κ1) is 11.7. The van der Waals surface area contributed by atoms with Gasteiger partial charge in [-0.25, -0.2) is 9.97 Å². The molecule has 0 aromatic carbocycles. The van der Waals surface area contributed by atoms with Crippen molar-refractivity contribution in [3.05, 3.63) is 12.4 Å².